The number of hydrogen-bond acceptors (Lipinski definition) is 13. The smallest absolute Gasteiger partial charge is 0.348 e. The van der Waals surface area contributed by atoms with Crippen molar-refractivity contribution in [2.45, 2.75) is 0 Å². The number of ether oxygens (including phenoxy) is 2. The summed E-state index contributed by atoms with van der Waals surface area (Å²) in [5.74, 6) is -15.2. The maximum absolute atomic E-state index is 13.2. The summed E-state index contributed by atoms with van der Waals surface area (Å²) in [4.78, 5) is 89.3. The van der Waals surface area contributed by atoms with E-state index in [-0.39, 0.29) is 22.6 Å². The quantitative estimate of drug-likeness (QED) is 0.106. The van der Waals surface area contributed by atoms with E-state index in [1.165, 1.54) is 0 Å². The number of carbonyl (C=O) groups is 7. The average molecular weight is 695 g/mol. The molecule has 0 unspecified atom stereocenters. The molecule has 3 aliphatic rings. The van der Waals surface area contributed by atoms with Gasteiger partial charge in [-0.3, -0.25) is 9.59 Å². The molecule has 6 rings (SSSR count). The molecular formula is C35H18O16. The van der Waals surface area contributed by atoms with Gasteiger partial charge >= 0.3 is 29.8 Å². The van der Waals surface area contributed by atoms with E-state index in [1.807, 2.05) is 0 Å². The van der Waals surface area contributed by atoms with E-state index in [9.17, 15) is 69.3 Å². The van der Waals surface area contributed by atoms with Crippen LogP contribution in [0.25, 0.3) is 22.3 Å². The van der Waals surface area contributed by atoms with Crippen molar-refractivity contribution in [1.29, 1.82) is 0 Å². The Morgan fingerprint density at radius 2 is 1.04 bits per heavy atom. The van der Waals surface area contributed by atoms with E-state index in [4.69, 9.17) is 9.47 Å². The molecule has 2 aliphatic heterocycles. The van der Waals surface area contributed by atoms with Gasteiger partial charge in [0.05, 0.1) is 5.56 Å². The first-order chi connectivity index (χ1) is 24.1. The minimum absolute atomic E-state index is 0.124. The van der Waals surface area contributed by atoms with Crippen LogP contribution in [0, 0.1) is 0 Å². The molecule has 0 saturated heterocycles. The number of aromatic hydroxyl groups is 2. The Balaban J connectivity index is 1.61. The minimum Gasteiger partial charge on any atom is -0.508 e. The van der Waals surface area contributed by atoms with Gasteiger partial charge in [0.1, 0.15) is 33.8 Å². The fraction of sp³-hybridized carbons (Fsp3) is 0. The molecule has 0 radical (unpaired) electrons. The molecule has 0 spiro atoms. The topological polar surface area (TPSA) is 280 Å². The summed E-state index contributed by atoms with van der Waals surface area (Å²) < 4.78 is 10.2. The van der Waals surface area contributed by atoms with Crippen molar-refractivity contribution in [2.75, 3.05) is 0 Å². The summed E-state index contributed by atoms with van der Waals surface area (Å²) in [7, 11) is 0. The number of rotatable bonds is 7. The zero-order valence-electron chi connectivity index (χ0n) is 25.2. The molecular weight excluding hydrogens is 676 g/mol. The Labute approximate surface area is 282 Å². The van der Waals surface area contributed by atoms with Crippen molar-refractivity contribution in [1.82, 2.24) is 0 Å². The van der Waals surface area contributed by atoms with E-state index < -0.39 is 115 Å². The lowest BCUT2D eigenvalue weighted by Crippen LogP contribution is -2.24. The number of carboxylic acid groups (broad SMARTS) is 3. The number of esters is 2. The first kappa shape index (κ1) is 33.2. The van der Waals surface area contributed by atoms with Crippen molar-refractivity contribution in [3.05, 3.63) is 129 Å². The highest BCUT2D eigenvalue weighted by molar-refractivity contribution is 6.52. The normalized spacial score (nSPS) is 17.5. The van der Waals surface area contributed by atoms with Gasteiger partial charge in [-0.2, -0.15) is 0 Å². The molecule has 0 bridgehead atoms. The summed E-state index contributed by atoms with van der Waals surface area (Å²) >= 11 is 0. The fourth-order valence-corrected chi connectivity index (χ4v) is 5.61. The van der Waals surface area contributed by atoms with Crippen LogP contribution in [-0.2, 0) is 33.4 Å². The van der Waals surface area contributed by atoms with Crippen molar-refractivity contribution in [2.24, 2.45) is 0 Å². The number of aromatic carboxylic acids is 1. The molecule has 16 heteroatoms. The van der Waals surface area contributed by atoms with E-state index in [1.54, 1.807) is 0 Å². The summed E-state index contributed by atoms with van der Waals surface area (Å²) in [6, 6.07) is 10.6. The molecule has 3 aromatic rings. The van der Waals surface area contributed by atoms with Gasteiger partial charge in [-0.1, -0.05) is 24.3 Å². The molecule has 7 N–H and O–H groups in total. The van der Waals surface area contributed by atoms with E-state index in [2.05, 4.69) is 0 Å². The predicted octanol–water partition coefficient (Wildman–Crippen LogP) is 3.13. The monoisotopic (exact) mass is 694 g/mol. The van der Waals surface area contributed by atoms with Gasteiger partial charge in [0.15, 0.2) is 23.0 Å². The minimum atomic E-state index is -1.83. The number of carbonyl (C=O) groups excluding carboxylic acids is 4. The van der Waals surface area contributed by atoms with Gasteiger partial charge in [0.25, 0.3) is 0 Å². The van der Waals surface area contributed by atoms with Crippen LogP contribution >= 0.6 is 0 Å². The maximum Gasteiger partial charge on any atom is 0.348 e. The molecule has 16 nitrogen and oxygen atoms in total. The molecule has 0 saturated carbocycles. The van der Waals surface area contributed by atoms with Crippen LogP contribution in [0.2, 0.25) is 0 Å². The zero-order chi connectivity index (χ0) is 37.0. The summed E-state index contributed by atoms with van der Waals surface area (Å²) in [6.45, 7) is 0. The molecule has 254 valence electrons. The lowest BCUT2D eigenvalue weighted by atomic mass is 9.80. The largest absolute Gasteiger partial charge is 0.508 e. The summed E-state index contributed by atoms with van der Waals surface area (Å²) in [5.41, 5.74) is -6.89. The number of Topliss-reactive ketones (excluding diaryl/α,β-unsaturated/α-hetero) is 1. The highest BCUT2D eigenvalue weighted by Crippen LogP contribution is 2.44. The molecule has 0 atom stereocenters. The third-order valence-corrected chi connectivity index (χ3v) is 7.84. The number of carboxylic acids is 3. The number of aliphatic hydroxyl groups is 2. The second-order valence-electron chi connectivity index (χ2n) is 10.8. The molecule has 0 fully saturated rings. The van der Waals surface area contributed by atoms with Crippen LogP contribution in [0.5, 0.6) is 11.5 Å². The Bertz CT molecular complexity index is 2360. The van der Waals surface area contributed by atoms with Crippen LogP contribution < -0.4 is 0 Å². The highest BCUT2D eigenvalue weighted by atomic mass is 16.6. The Kier molecular flexibility index (Phi) is 7.83. The lowest BCUT2D eigenvalue weighted by molar-refractivity contribution is -0.134. The molecule has 2 heterocycles. The SMILES string of the molecule is O=C1C=C(C2=C(O)/C(=C(\C(=O)O)c3ccc(O)cc3)OC2=O)c2cc(C3=C(O)/C(=C(\C(=O)O)c4ccc(O)cc4)OC3=O)cc(C(=O)O)c2C1=O. The number of phenols is 2. The van der Waals surface area contributed by atoms with Gasteiger partial charge in [0, 0.05) is 11.1 Å². The third-order valence-electron chi connectivity index (χ3n) is 7.84. The molecule has 1 aliphatic carbocycles. The van der Waals surface area contributed by atoms with Crippen LogP contribution in [0.3, 0.4) is 0 Å². The van der Waals surface area contributed by atoms with Crippen molar-refractivity contribution in [3.63, 3.8) is 0 Å². The fourth-order valence-electron chi connectivity index (χ4n) is 5.61. The number of allylic oxidation sites excluding steroid dienone is 1. The number of ketones is 2. The van der Waals surface area contributed by atoms with E-state index in [0.29, 0.717) is 12.1 Å². The number of phenolic OH excluding ortho intramolecular Hbond substituents is 2. The van der Waals surface area contributed by atoms with Crippen LogP contribution in [0.1, 0.15) is 43.0 Å². The molecule has 0 amide bonds. The Morgan fingerprint density at radius 3 is 1.49 bits per heavy atom. The second kappa shape index (κ2) is 12.0. The van der Waals surface area contributed by atoms with Crippen molar-refractivity contribution in [3.8, 4) is 11.5 Å². The number of fused-ring (bicyclic) bond motifs is 1. The zero-order valence-corrected chi connectivity index (χ0v) is 25.2. The molecule has 51 heavy (non-hydrogen) atoms. The predicted molar refractivity (Wildman–Crippen MR) is 167 cm³/mol. The van der Waals surface area contributed by atoms with Gasteiger partial charge in [0.2, 0.25) is 11.6 Å². The first-order valence-electron chi connectivity index (χ1n) is 14.2. The van der Waals surface area contributed by atoms with Gasteiger partial charge < -0.3 is 45.2 Å². The van der Waals surface area contributed by atoms with Gasteiger partial charge in [-0.25, -0.2) is 24.0 Å². The van der Waals surface area contributed by atoms with Crippen LogP contribution in [-0.4, -0.2) is 77.2 Å². The van der Waals surface area contributed by atoms with E-state index >= 15 is 0 Å². The van der Waals surface area contributed by atoms with Gasteiger partial charge in [-0.15, -0.1) is 0 Å². The van der Waals surface area contributed by atoms with Crippen molar-refractivity contribution >= 4 is 63.7 Å². The summed E-state index contributed by atoms with van der Waals surface area (Å²) in [5, 5.41) is 71.5. The highest BCUT2D eigenvalue weighted by Gasteiger charge is 2.43. The summed E-state index contributed by atoms with van der Waals surface area (Å²) in [6.07, 6.45) is 0.552. The Hall–Kier alpha value is -7.75. The number of cyclic esters (lactones) is 2. The first-order valence-corrected chi connectivity index (χ1v) is 14.2. The lowest BCUT2D eigenvalue weighted by Gasteiger charge is -2.19. The molecule has 3 aromatic carbocycles. The van der Waals surface area contributed by atoms with Crippen LogP contribution in [0.4, 0.5) is 0 Å². The van der Waals surface area contributed by atoms with E-state index in [0.717, 1.165) is 54.6 Å². The number of benzene rings is 3. The Morgan fingerprint density at radius 1 is 0.588 bits per heavy atom. The van der Waals surface area contributed by atoms with Crippen molar-refractivity contribution < 1.29 is 78.8 Å². The third kappa shape index (κ3) is 5.43. The second-order valence-corrected chi connectivity index (χ2v) is 10.8. The van der Waals surface area contributed by atoms with Crippen LogP contribution in [0.15, 0.2) is 95.3 Å². The number of aliphatic carboxylic acids is 2. The molecule has 0 aromatic heterocycles. The maximum atomic E-state index is 13.2. The number of aliphatic hydroxyl groups excluding tert-OH is 2. The number of hydrogen-bond donors (Lipinski definition) is 7. The standard InChI is InChI=1S/C35H18O16/c36-15-5-1-12(2-6-15)22(32(44)45)29-27(40)21(34(48)50-29)14-9-17-18(11-20(38)26(39)24(17)19(10-14)31(42)43)25-28(41)30(51-35(25)49)23(33(46)47)13-3-7-16(37)8-4-13/h1-11,36-37,40-41H,(H,42,43)(H,44,45)(H,46,47)/b29-22+,30-23+. The average Bonchev–Trinajstić information content (AvgIpc) is 3.52. The van der Waals surface area contributed by atoms with Gasteiger partial charge in [-0.05, 0) is 64.7 Å².